The van der Waals surface area contributed by atoms with Crippen LogP contribution < -0.4 is 0 Å². The smallest absolute Gasteiger partial charge is 0.311 e. The maximum atomic E-state index is 2.53. The summed E-state index contributed by atoms with van der Waals surface area (Å²) in [4.78, 5) is 2.06. The molecule has 0 amide bonds. The van der Waals surface area contributed by atoms with Crippen LogP contribution in [0.15, 0.2) is 0 Å². The zero-order valence-electron chi connectivity index (χ0n) is 11.5. The Kier molecular flexibility index (Phi) is 6.71. The average Bonchev–Trinajstić information content (AvgIpc) is 1.44. The van der Waals surface area contributed by atoms with E-state index in [2.05, 4.69) is 63.7 Å². The average molecular weight is 323 g/mol. The van der Waals surface area contributed by atoms with Crippen LogP contribution >= 0.6 is 0 Å². The second-order valence-corrected chi connectivity index (χ2v) is 23.6. The van der Waals surface area contributed by atoms with Crippen LogP contribution in [0, 0.1) is 4.79 Å². The van der Waals surface area contributed by atoms with E-state index in [0.29, 0.717) is 0 Å². The molecule has 82 valence electrons. The summed E-state index contributed by atoms with van der Waals surface area (Å²) in [6.45, 7) is 22.7. The van der Waals surface area contributed by atoms with Gasteiger partial charge in [-0.3, -0.25) is 0 Å². The summed E-state index contributed by atoms with van der Waals surface area (Å²) >= 11 is 0. The molecule has 0 aromatic carbocycles. The van der Waals surface area contributed by atoms with E-state index in [9.17, 15) is 0 Å². The van der Waals surface area contributed by atoms with E-state index in [0.717, 1.165) is 0 Å². The summed E-state index contributed by atoms with van der Waals surface area (Å²) in [5, 5.41) is 0. The molecule has 0 N–H and O–H groups in total. The third-order valence-corrected chi connectivity index (χ3v) is 20.2. The predicted molar refractivity (Wildman–Crippen MR) is 73.3 cm³/mol. The summed E-state index contributed by atoms with van der Waals surface area (Å²) in [5.41, 5.74) is 0. The van der Waals surface area contributed by atoms with Gasteiger partial charge in [-0.1, -0.05) is 58.9 Å². The Morgan fingerprint density at radius 3 is 0.643 bits per heavy atom. The van der Waals surface area contributed by atoms with Gasteiger partial charge in [0, 0.05) is 0 Å². The molecule has 0 aromatic rings. The zero-order chi connectivity index (χ0) is 11.1. The summed E-state index contributed by atoms with van der Waals surface area (Å²) in [6.07, 6.45) is 0. The third kappa shape index (κ3) is 5.57. The van der Waals surface area contributed by atoms with Crippen LogP contribution in [-0.4, -0.2) is 24.2 Å². The van der Waals surface area contributed by atoms with Crippen molar-refractivity contribution in [2.24, 2.45) is 0 Å². The molecule has 0 saturated heterocycles. The molecule has 0 unspecified atom stereocenters. The Labute approximate surface area is 113 Å². The quantitative estimate of drug-likeness (QED) is 0.540. The largest absolute Gasteiger partial charge is 2.00 e. The minimum Gasteiger partial charge on any atom is -0.311 e. The van der Waals surface area contributed by atoms with Crippen molar-refractivity contribution >= 4 is 24.2 Å². The molecule has 0 radical (unpaired) electrons. The summed E-state index contributed by atoms with van der Waals surface area (Å²) in [5.74, 6) is 0. The van der Waals surface area contributed by atoms with Crippen LogP contribution in [0.4, 0.5) is 0 Å². The van der Waals surface area contributed by atoms with Crippen molar-refractivity contribution < 1.29 is 26.2 Å². The van der Waals surface area contributed by atoms with Gasteiger partial charge < -0.3 is 4.79 Å². The maximum Gasteiger partial charge on any atom is 2.00 e. The molecule has 0 aromatic heterocycles. The van der Waals surface area contributed by atoms with Crippen LogP contribution in [0.25, 0.3) is 0 Å². The first-order valence-electron chi connectivity index (χ1n) is 5.25. The molecule has 0 atom stereocenters. The van der Waals surface area contributed by atoms with Crippen molar-refractivity contribution in [2.75, 3.05) is 0 Å². The van der Waals surface area contributed by atoms with Crippen LogP contribution in [0.5, 0.6) is 0 Å². The minimum absolute atomic E-state index is 0. The molecule has 0 aliphatic heterocycles. The molecule has 0 spiro atoms. The Balaban J connectivity index is 0. The first kappa shape index (κ1) is 17.9. The SMILES string of the molecule is C[Si](C)(C)[C-]([Si](C)(C)C)[Si](C)(C)C.[Zr+2]. The normalized spacial score (nSPS) is 14.1. The van der Waals surface area contributed by atoms with Gasteiger partial charge in [0.25, 0.3) is 0 Å². The maximum absolute atomic E-state index is 2.53. The van der Waals surface area contributed by atoms with Gasteiger partial charge in [0.1, 0.15) is 0 Å². The third-order valence-electron chi connectivity index (χ3n) is 2.25. The van der Waals surface area contributed by atoms with Crippen LogP contribution in [0.2, 0.25) is 58.9 Å². The molecule has 4 heteroatoms. The Morgan fingerprint density at radius 2 is 0.643 bits per heavy atom. The van der Waals surface area contributed by atoms with Crippen LogP contribution in [-0.2, 0) is 26.2 Å². The van der Waals surface area contributed by atoms with E-state index in [-0.39, 0.29) is 26.2 Å². The van der Waals surface area contributed by atoms with E-state index >= 15 is 0 Å². The van der Waals surface area contributed by atoms with Crippen molar-refractivity contribution in [1.29, 1.82) is 0 Å². The van der Waals surface area contributed by atoms with Gasteiger partial charge in [0.05, 0.1) is 0 Å². The summed E-state index contributed by atoms with van der Waals surface area (Å²) < 4.78 is 0. The Hall–Kier alpha value is 1.53. The Bertz CT molecular complexity index is 138. The number of hydrogen-bond acceptors (Lipinski definition) is 0. The van der Waals surface area contributed by atoms with Gasteiger partial charge in [-0.25, -0.2) is 0 Å². The van der Waals surface area contributed by atoms with Crippen LogP contribution in [0.3, 0.4) is 0 Å². The topological polar surface area (TPSA) is 0 Å². The van der Waals surface area contributed by atoms with E-state index in [1.807, 2.05) is 0 Å². The molecular weight excluding hydrogens is 296 g/mol. The monoisotopic (exact) mass is 321 g/mol. The minimum atomic E-state index is -1.02. The van der Waals surface area contributed by atoms with Gasteiger partial charge in [-0.15, -0.1) is 24.2 Å². The van der Waals surface area contributed by atoms with E-state index in [4.69, 9.17) is 0 Å². The van der Waals surface area contributed by atoms with Gasteiger partial charge in [0.15, 0.2) is 0 Å². The molecule has 0 rings (SSSR count). The molecule has 0 bridgehead atoms. The number of hydrogen-bond donors (Lipinski definition) is 0. The molecule has 0 aliphatic carbocycles. The molecule has 0 fully saturated rings. The van der Waals surface area contributed by atoms with Crippen molar-refractivity contribution in [3.63, 3.8) is 0 Å². The molecular formula is C10H27Si3Zr+. The van der Waals surface area contributed by atoms with E-state index in [1.54, 1.807) is 0 Å². The van der Waals surface area contributed by atoms with E-state index < -0.39 is 24.2 Å². The van der Waals surface area contributed by atoms with E-state index in [1.165, 1.54) is 0 Å². The second kappa shape index (κ2) is 5.24. The molecule has 0 nitrogen and oxygen atoms in total. The standard InChI is InChI=1S/C10H27Si3.Zr/c1-11(2,3)10(12(4,5)6)13(7,8)9;/h1-9H3;/q-1;+2. The fourth-order valence-electron chi connectivity index (χ4n) is 3.38. The molecule has 0 saturated carbocycles. The molecule has 0 aliphatic rings. The summed E-state index contributed by atoms with van der Waals surface area (Å²) in [6, 6.07) is 0. The van der Waals surface area contributed by atoms with Crippen molar-refractivity contribution in [2.45, 2.75) is 58.9 Å². The van der Waals surface area contributed by atoms with Crippen molar-refractivity contribution in [1.82, 2.24) is 0 Å². The first-order chi connectivity index (χ1) is 5.37. The number of rotatable bonds is 3. The van der Waals surface area contributed by atoms with Gasteiger partial charge in [0.2, 0.25) is 0 Å². The predicted octanol–water partition coefficient (Wildman–Crippen LogP) is 4.19. The van der Waals surface area contributed by atoms with Gasteiger partial charge in [-0.2, -0.15) is 0 Å². The Morgan fingerprint density at radius 1 is 0.500 bits per heavy atom. The first-order valence-corrected chi connectivity index (χ1v) is 15.8. The van der Waals surface area contributed by atoms with Gasteiger partial charge in [-0.05, 0) is 0 Å². The summed E-state index contributed by atoms with van der Waals surface area (Å²) in [7, 11) is -3.05. The van der Waals surface area contributed by atoms with Gasteiger partial charge >= 0.3 is 26.2 Å². The fourth-order valence-corrected chi connectivity index (χ4v) is 30.4. The molecule has 14 heavy (non-hydrogen) atoms. The second-order valence-electron chi connectivity index (χ2n) is 7.12. The van der Waals surface area contributed by atoms with Crippen molar-refractivity contribution in [3.8, 4) is 0 Å². The van der Waals surface area contributed by atoms with Crippen molar-refractivity contribution in [3.05, 3.63) is 4.79 Å². The zero-order valence-corrected chi connectivity index (χ0v) is 17.0. The fraction of sp³-hybridized carbons (Fsp3) is 0.900. The van der Waals surface area contributed by atoms with Crippen LogP contribution in [0.1, 0.15) is 0 Å². The molecule has 0 heterocycles.